The molecule has 2 aromatic rings. The van der Waals surface area contributed by atoms with E-state index in [0.29, 0.717) is 24.4 Å². The smallest absolute Gasteiger partial charge is 0.243 e. The topological polar surface area (TPSA) is 66.9 Å². The summed E-state index contributed by atoms with van der Waals surface area (Å²) >= 11 is 0. The molecule has 3 rings (SSSR count). The molecule has 0 aliphatic carbocycles. The minimum Gasteiger partial charge on any atom is -0.495 e. The lowest BCUT2D eigenvalue weighted by Gasteiger charge is -2.22. The van der Waals surface area contributed by atoms with Crippen LogP contribution in [0.2, 0.25) is 0 Å². The van der Waals surface area contributed by atoms with E-state index in [1.54, 1.807) is 18.0 Å². The Balaban J connectivity index is 1.93. The fourth-order valence-corrected chi connectivity index (χ4v) is 4.46. The van der Waals surface area contributed by atoms with Gasteiger partial charge in [-0.3, -0.25) is 4.79 Å². The molecule has 1 amide bonds. The Morgan fingerprint density at radius 2 is 1.96 bits per heavy atom. The van der Waals surface area contributed by atoms with Crippen molar-refractivity contribution in [2.75, 3.05) is 25.6 Å². The number of rotatable bonds is 6. The molecular weight excluding hydrogens is 364 g/mol. The molecule has 144 valence electrons. The van der Waals surface area contributed by atoms with Crippen molar-refractivity contribution in [3.8, 4) is 5.75 Å². The molecule has 2 aromatic carbocycles. The van der Waals surface area contributed by atoms with Crippen LogP contribution in [0.5, 0.6) is 5.75 Å². The fourth-order valence-electron chi connectivity index (χ4n) is 3.28. The molecule has 0 unspecified atom stereocenters. The van der Waals surface area contributed by atoms with Crippen LogP contribution in [0.1, 0.15) is 24.0 Å². The Kier molecular flexibility index (Phi) is 5.53. The summed E-state index contributed by atoms with van der Waals surface area (Å²) in [5.41, 5.74) is 2.51. The molecule has 0 spiro atoms. The zero-order valence-electron chi connectivity index (χ0n) is 15.8. The van der Waals surface area contributed by atoms with Gasteiger partial charge in [0.05, 0.1) is 17.7 Å². The highest BCUT2D eigenvalue weighted by atomic mass is 32.2. The van der Waals surface area contributed by atoms with Gasteiger partial charge in [0.15, 0.2) is 0 Å². The molecule has 1 aliphatic heterocycles. The molecule has 0 bridgehead atoms. The molecule has 1 saturated heterocycles. The molecule has 0 radical (unpaired) electrons. The number of hydrogen-bond acceptors (Lipinski definition) is 4. The maximum Gasteiger partial charge on any atom is 0.243 e. The molecule has 7 heteroatoms. The summed E-state index contributed by atoms with van der Waals surface area (Å²) < 4.78 is 32.8. The van der Waals surface area contributed by atoms with Crippen molar-refractivity contribution < 1.29 is 17.9 Å². The average Bonchev–Trinajstić information content (AvgIpc) is 3.07. The van der Waals surface area contributed by atoms with E-state index in [9.17, 15) is 13.2 Å². The van der Waals surface area contributed by atoms with Gasteiger partial charge in [0.2, 0.25) is 15.9 Å². The molecule has 0 saturated carbocycles. The normalized spacial score (nSPS) is 14.8. The molecule has 27 heavy (non-hydrogen) atoms. The summed E-state index contributed by atoms with van der Waals surface area (Å²) in [6, 6.07) is 12.4. The van der Waals surface area contributed by atoms with Gasteiger partial charge >= 0.3 is 0 Å². The van der Waals surface area contributed by atoms with Crippen LogP contribution in [0, 0.1) is 6.92 Å². The van der Waals surface area contributed by atoms with Gasteiger partial charge in [-0.25, -0.2) is 8.42 Å². The van der Waals surface area contributed by atoms with Crippen LogP contribution in [-0.2, 0) is 21.4 Å². The first kappa shape index (κ1) is 19.4. The minimum atomic E-state index is -3.70. The zero-order valence-corrected chi connectivity index (χ0v) is 16.6. The van der Waals surface area contributed by atoms with E-state index in [1.165, 1.54) is 23.5 Å². The largest absolute Gasteiger partial charge is 0.495 e. The summed E-state index contributed by atoms with van der Waals surface area (Å²) in [6.07, 6.45) is 1.22. The number of nitrogens with zero attached hydrogens (tertiary/aromatic N) is 2. The number of carbonyl (C=O) groups excluding carboxylic acids is 1. The van der Waals surface area contributed by atoms with Crippen LogP contribution in [0.3, 0.4) is 0 Å². The first-order chi connectivity index (χ1) is 12.8. The van der Waals surface area contributed by atoms with E-state index in [2.05, 4.69) is 0 Å². The molecule has 6 nitrogen and oxygen atoms in total. The lowest BCUT2D eigenvalue weighted by atomic mass is 10.1. The van der Waals surface area contributed by atoms with Gasteiger partial charge in [0, 0.05) is 26.6 Å². The van der Waals surface area contributed by atoms with E-state index < -0.39 is 10.0 Å². The number of methoxy groups -OCH3 is 1. The summed E-state index contributed by atoms with van der Waals surface area (Å²) in [7, 11) is -0.635. The van der Waals surface area contributed by atoms with Gasteiger partial charge < -0.3 is 9.64 Å². The van der Waals surface area contributed by atoms with E-state index >= 15 is 0 Å². The number of aryl methyl sites for hydroxylation is 1. The van der Waals surface area contributed by atoms with Crippen LogP contribution in [0.4, 0.5) is 5.69 Å². The molecule has 0 N–H and O–H groups in total. The zero-order chi connectivity index (χ0) is 19.6. The quantitative estimate of drug-likeness (QED) is 0.763. The van der Waals surface area contributed by atoms with Crippen LogP contribution < -0.4 is 9.64 Å². The van der Waals surface area contributed by atoms with Gasteiger partial charge in [0.1, 0.15) is 5.75 Å². The van der Waals surface area contributed by atoms with Crippen molar-refractivity contribution >= 4 is 21.6 Å². The molecule has 1 fully saturated rings. The monoisotopic (exact) mass is 388 g/mol. The van der Waals surface area contributed by atoms with E-state index in [4.69, 9.17) is 4.74 Å². The van der Waals surface area contributed by atoms with E-state index in [0.717, 1.165) is 17.5 Å². The number of ether oxygens (including phenoxy) is 1. The van der Waals surface area contributed by atoms with Gasteiger partial charge in [-0.15, -0.1) is 0 Å². The minimum absolute atomic E-state index is 0.0176. The first-order valence-electron chi connectivity index (χ1n) is 8.83. The highest BCUT2D eigenvalue weighted by Crippen LogP contribution is 2.34. The predicted molar refractivity (Wildman–Crippen MR) is 104 cm³/mol. The SMILES string of the molecule is COc1ccc(S(=O)(=O)N(C)Cc2cccc(C)c2)cc1N1CCCC1=O. The summed E-state index contributed by atoms with van der Waals surface area (Å²) in [4.78, 5) is 13.9. The summed E-state index contributed by atoms with van der Waals surface area (Å²) in [6.45, 7) is 2.81. The second-order valence-corrected chi connectivity index (χ2v) is 8.78. The summed E-state index contributed by atoms with van der Waals surface area (Å²) in [5.74, 6) is 0.474. The molecule has 0 aromatic heterocycles. The van der Waals surface area contributed by atoms with Crippen LogP contribution in [0.15, 0.2) is 47.4 Å². The maximum absolute atomic E-state index is 13.1. The second-order valence-electron chi connectivity index (χ2n) is 6.73. The third-order valence-electron chi connectivity index (χ3n) is 4.71. The van der Waals surface area contributed by atoms with Crippen LogP contribution in [0.25, 0.3) is 0 Å². The predicted octanol–water partition coefficient (Wildman–Crippen LogP) is 2.95. The third kappa shape index (κ3) is 3.99. The average molecular weight is 388 g/mol. The van der Waals surface area contributed by atoms with E-state index in [-0.39, 0.29) is 17.3 Å². The Morgan fingerprint density at radius 1 is 1.19 bits per heavy atom. The third-order valence-corrected chi connectivity index (χ3v) is 6.51. The van der Waals surface area contributed by atoms with Crippen LogP contribution >= 0.6 is 0 Å². The van der Waals surface area contributed by atoms with Gasteiger partial charge in [-0.05, 0) is 37.1 Å². The van der Waals surface area contributed by atoms with Crippen molar-refractivity contribution in [3.63, 3.8) is 0 Å². The highest BCUT2D eigenvalue weighted by Gasteiger charge is 2.28. The standard InChI is InChI=1S/C20H24N2O4S/c1-15-6-4-7-16(12-15)14-21(2)27(24,25)17-9-10-19(26-3)18(13-17)22-11-5-8-20(22)23/h4,6-7,9-10,12-13H,5,8,11,14H2,1-3H3. The van der Waals surface area contributed by atoms with Crippen molar-refractivity contribution in [2.45, 2.75) is 31.2 Å². The Bertz CT molecular complexity index is 956. The van der Waals surface area contributed by atoms with Crippen molar-refractivity contribution in [1.82, 2.24) is 4.31 Å². The second kappa shape index (κ2) is 7.70. The van der Waals surface area contributed by atoms with Gasteiger partial charge in [0.25, 0.3) is 0 Å². The molecule has 1 aliphatic rings. The molecular formula is C20H24N2O4S. The lowest BCUT2D eigenvalue weighted by Crippen LogP contribution is -2.28. The van der Waals surface area contributed by atoms with Crippen LogP contribution in [-0.4, -0.2) is 39.3 Å². The van der Waals surface area contributed by atoms with Crippen molar-refractivity contribution in [1.29, 1.82) is 0 Å². The number of amides is 1. The Hall–Kier alpha value is -2.38. The maximum atomic E-state index is 13.1. The number of benzene rings is 2. The highest BCUT2D eigenvalue weighted by molar-refractivity contribution is 7.89. The van der Waals surface area contributed by atoms with E-state index in [1.807, 2.05) is 31.2 Å². The number of sulfonamides is 1. The molecule has 1 heterocycles. The summed E-state index contributed by atoms with van der Waals surface area (Å²) in [5, 5.41) is 0. The van der Waals surface area contributed by atoms with Gasteiger partial charge in [-0.1, -0.05) is 29.8 Å². The first-order valence-corrected chi connectivity index (χ1v) is 10.3. The van der Waals surface area contributed by atoms with Crippen molar-refractivity contribution in [2.24, 2.45) is 0 Å². The number of hydrogen-bond donors (Lipinski definition) is 0. The Morgan fingerprint density at radius 3 is 2.59 bits per heavy atom. The number of carbonyl (C=O) groups is 1. The molecule has 0 atom stereocenters. The van der Waals surface area contributed by atoms with Gasteiger partial charge in [-0.2, -0.15) is 4.31 Å². The lowest BCUT2D eigenvalue weighted by molar-refractivity contribution is -0.117. The van der Waals surface area contributed by atoms with Crippen molar-refractivity contribution in [3.05, 3.63) is 53.6 Å². The Labute approximate surface area is 160 Å². The fraction of sp³-hybridized carbons (Fsp3) is 0.350. The number of anilines is 1.